The number of nitrogens with zero attached hydrogens (tertiary/aromatic N) is 2. The van der Waals surface area contributed by atoms with E-state index in [1.807, 2.05) is 13.8 Å². The van der Waals surface area contributed by atoms with E-state index in [1.54, 1.807) is 30.6 Å². The van der Waals surface area contributed by atoms with Gasteiger partial charge in [0.1, 0.15) is 18.1 Å². The van der Waals surface area contributed by atoms with Gasteiger partial charge in [-0.1, -0.05) is 12.1 Å². The number of hydrogen-bond donors (Lipinski definition) is 1. The summed E-state index contributed by atoms with van der Waals surface area (Å²) in [6.07, 6.45) is 3.31. The molecule has 0 saturated heterocycles. The second-order valence-electron chi connectivity index (χ2n) is 4.60. The monoisotopic (exact) mass is 291 g/mol. The molecule has 0 aliphatic heterocycles. The van der Waals surface area contributed by atoms with E-state index in [9.17, 15) is 9.18 Å². The molecule has 1 aromatic heterocycles. The maximum Gasteiger partial charge on any atom is 0.246 e. The van der Waals surface area contributed by atoms with Gasteiger partial charge in [-0.25, -0.2) is 9.07 Å². The lowest BCUT2D eigenvalue weighted by atomic mass is 10.2. The summed E-state index contributed by atoms with van der Waals surface area (Å²) in [6.45, 7) is 4.19. The molecular weight excluding hydrogens is 273 g/mol. The Hall–Kier alpha value is -2.21. The summed E-state index contributed by atoms with van der Waals surface area (Å²) in [4.78, 5) is 11.6. The van der Waals surface area contributed by atoms with Crippen molar-refractivity contribution >= 4 is 5.91 Å². The minimum absolute atomic E-state index is 0.0301. The maximum absolute atomic E-state index is 13.7. The van der Waals surface area contributed by atoms with Crippen molar-refractivity contribution in [1.82, 2.24) is 15.1 Å². The SMILES string of the molecule is CCOCC(=O)N[C@@H](C)c1cnn(-c2ccccc2F)c1. The van der Waals surface area contributed by atoms with Crippen LogP contribution in [-0.2, 0) is 9.53 Å². The molecule has 1 aromatic carbocycles. The van der Waals surface area contributed by atoms with E-state index in [-0.39, 0.29) is 24.4 Å². The Balaban J connectivity index is 2.06. The minimum Gasteiger partial charge on any atom is -0.372 e. The topological polar surface area (TPSA) is 56.1 Å². The quantitative estimate of drug-likeness (QED) is 0.888. The highest BCUT2D eigenvalue weighted by molar-refractivity contribution is 5.77. The van der Waals surface area contributed by atoms with Crippen molar-refractivity contribution in [3.05, 3.63) is 48.0 Å². The second-order valence-corrected chi connectivity index (χ2v) is 4.60. The summed E-state index contributed by atoms with van der Waals surface area (Å²) in [6, 6.07) is 6.17. The first-order valence-electron chi connectivity index (χ1n) is 6.78. The second kappa shape index (κ2) is 6.99. The Labute approximate surface area is 122 Å². The predicted molar refractivity (Wildman–Crippen MR) is 76.6 cm³/mol. The largest absolute Gasteiger partial charge is 0.372 e. The van der Waals surface area contributed by atoms with Crippen LogP contribution in [0, 0.1) is 5.82 Å². The molecule has 0 unspecified atom stereocenters. The van der Waals surface area contributed by atoms with E-state index >= 15 is 0 Å². The van der Waals surface area contributed by atoms with Crippen LogP contribution >= 0.6 is 0 Å². The Kier molecular flexibility index (Phi) is 5.05. The van der Waals surface area contributed by atoms with Gasteiger partial charge in [-0.2, -0.15) is 5.10 Å². The van der Waals surface area contributed by atoms with Crippen molar-refractivity contribution < 1.29 is 13.9 Å². The molecule has 1 amide bonds. The molecule has 2 aromatic rings. The van der Waals surface area contributed by atoms with E-state index in [4.69, 9.17) is 4.74 Å². The van der Waals surface area contributed by atoms with E-state index in [0.29, 0.717) is 12.3 Å². The minimum atomic E-state index is -0.347. The number of hydrogen-bond acceptors (Lipinski definition) is 3. The fourth-order valence-electron chi connectivity index (χ4n) is 1.89. The molecule has 0 saturated carbocycles. The summed E-state index contributed by atoms with van der Waals surface area (Å²) in [5.74, 6) is -0.539. The molecule has 1 heterocycles. The third-order valence-corrected chi connectivity index (χ3v) is 3.02. The number of carbonyl (C=O) groups excluding carboxylic acids is 1. The van der Waals surface area contributed by atoms with Gasteiger partial charge in [-0.15, -0.1) is 0 Å². The Morgan fingerprint density at radius 3 is 2.95 bits per heavy atom. The molecule has 1 atom stereocenters. The van der Waals surface area contributed by atoms with Crippen LogP contribution in [0.15, 0.2) is 36.7 Å². The lowest BCUT2D eigenvalue weighted by Gasteiger charge is -2.11. The van der Waals surface area contributed by atoms with Crippen LogP contribution in [0.2, 0.25) is 0 Å². The van der Waals surface area contributed by atoms with Crippen LogP contribution in [0.4, 0.5) is 4.39 Å². The zero-order chi connectivity index (χ0) is 15.2. The van der Waals surface area contributed by atoms with E-state index in [0.717, 1.165) is 5.56 Å². The molecule has 0 aliphatic carbocycles. The molecule has 1 N–H and O–H groups in total. The number of nitrogens with one attached hydrogen (secondary N) is 1. The zero-order valence-corrected chi connectivity index (χ0v) is 12.0. The van der Waals surface area contributed by atoms with Gasteiger partial charge in [0.15, 0.2) is 0 Å². The molecular formula is C15H18FN3O2. The molecule has 21 heavy (non-hydrogen) atoms. The molecule has 112 valence electrons. The van der Waals surface area contributed by atoms with Crippen LogP contribution in [0.1, 0.15) is 25.5 Å². The van der Waals surface area contributed by atoms with Gasteiger partial charge in [0.25, 0.3) is 0 Å². The molecule has 0 spiro atoms. The standard InChI is InChI=1S/C15H18FN3O2/c1-3-21-10-15(20)18-11(2)12-8-17-19(9-12)14-7-5-4-6-13(14)16/h4-9,11H,3,10H2,1-2H3,(H,18,20)/t11-/m0/s1. The lowest BCUT2D eigenvalue weighted by molar-refractivity contribution is -0.126. The number of benzene rings is 1. The third kappa shape index (κ3) is 3.88. The average molecular weight is 291 g/mol. The third-order valence-electron chi connectivity index (χ3n) is 3.02. The zero-order valence-electron chi connectivity index (χ0n) is 12.0. The van der Waals surface area contributed by atoms with E-state index < -0.39 is 0 Å². The number of ether oxygens (including phenoxy) is 1. The number of carbonyl (C=O) groups is 1. The molecule has 6 heteroatoms. The molecule has 5 nitrogen and oxygen atoms in total. The lowest BCUT2D eigenvalue weighted by Crippen LogP contribution is -2.30. The first kappa shape index (κ1) is 15.2. The average Bonchev–Trinajstić information content (AvgIpc) is 2.95. The summed E-state index contributed by atoms with van der Waals surface area (Å²) in [5, 5.41) is 6.93. The number of aromatic nitrogens is 2. The summed E-state index contributed by atoms with van der Waals surface area (Å²) >= 11 is 0. The highest BCUT2D eigenvalue weighted by Gasteiger charge is 2.13. The molecule has 2 rings (SSSR count). The summed E-state index contributed by atoms with van der Waals surface area (Å²) in [7, 11) is 0. The van der Waals surface area contributed by atoms with Gasteiger partial charge in [0.2, 0.25) is 5.91 Å². The van der Waals surface area contributed by atoms with Gasteiger partial charge < -0.3 is 10.1 Å². The number of halogens is 1. The molecule has 0 bridgehead atoms. The van der Waals surface area contributed by atoms with Crippen LogP contribution in [0.5, 0.6) is 0 Å². The van der Waals surface area contributed by atoms with Crippen LogP contribution < -0.4 is 5.32 Å². The Morgan fingerprint density at radius 2 is 2.24 bits per heavy atom. The van der Waals surface area contributed by atoms with Crippen molar-refractivity contribution in [2.24, 2.45) is 0 Å². The fraction of sp³-hybridized carbons (Fsp3) is 0.333. The van der Waals surface area contributed by atoms with Crippen molar-refractivity contribution in [1.29, 1.82) is 0 Å². The van der Waals surface area contributed by atoms with Gasteiger partial charge in [-0.05, 0) is 26.0 Å². The van der Waals surface area contributed by atoms with Crippen molar-refractivity contribution in [3.63, 3.8) is 0 Å². The van der Waals surface area contributed by atoms with Gasteiger partial charge in [0, 0.05) is 18.4 Å². The molecule has 0 aliphatic rings. The van der Waals surface area contributed by atoms with Crippen molar-refractivity contribution in [2.45, 2.75) is 19.9 Å². The first-order chi connectivity index (χ1) is 10.1. The van der Waals surface area contributed by atoms with Crippen LogP contribution in [0.25, 0.3) is 5.69 Å². The van der Waals surface area contributed by atoms with E-state index in [2.05, 4.69) is 10.4 Å². The van der Waals surface area contributed by atoms with Gasteiger partial charge in [-0.3, -0.25) is 4.79 Å². The van der Waals surface area contributed by atoms with Crippen molar-refractivity contribution in [3.8, 4) is 5.69 Å². The highest BCUT2D eigenvalue weighted by Crippen LogP contribution is 2.16. The van der Waals surface area contributed by atoms with Gasteiger partial charge >= 0.3 is 0 Å². The Bertz CT molecular complexity index is 612. The molecule has 0 fully saturated rings. The predicted octanol–water partition coefficient (Wildman–Crippen LogP) is 2.23. The maximum atomic E-state index is 13.7. The van der Waals surface area contributed by atoms with Crippen molar-refractivity contribution in [2.75, 3.05) is 13.2 Å². The fourth-order valence-corrected chi connectivity index (χ4v) is 1.89. The first-order valence-corrected chi connectivity index (χ1v) is 6.78. The number of para-hydroxylation sites is 1. The highest BCUT2D eigenvalue weighted by atomic mass is 19.1. The van der Waals surface area contributed by atoms with E-state index in [1.165, 1.54) is 10.7 Å². The van der Waals surface area contributed by atoms with Crippen LogP contribution in [0.3, 0.4) is 0 Å². The smallest absolute Gasteiger partial charge is 0.246 e. The summed E-state index contributed by atoms with van der Waals surface area (Å²) in [5.41, 5.74) is 1.17. The Morgan fingerprint density at radius 1 is 1.48 bits per heavy atom. The van der Waals surface area contributed by atoms with Crippen LogP contribution in [-0.4, -0.2) is 28.9 Å². The number of amides is 1. The summed E-state index contributed by atoms with van der Waals surface area (Å²) < 4.78 is 20.2. The number of rotatable bonds is 6. The normalized spacial score (nSPS) is 12.1. The van der Waals surface area contributed by atoms with Gasteiger partial charge in [0.05, 0.1) is 12.2 Å². The molecule has 0 radical (unpaired) electrons.